The van der Waals surface area contributed by atoms with Crippen LogP contribution in [0, 0.1) is 0 Å². The van der Waals surface area contributed by atoms with Gasteiger partial charge in [-0.3, -0.25) is 9.36 Å². The summed E-state index contributed by atoms with van der Waals surface area (Å²) in [6, 6.07) is 11.3. The van der Waals surface area contributed by atoms with E-state index in [1.54, 1.807) is 0 Å². The highest BCUT2D eigenvalue weighted by molar-refractivity contribution is 9.10. The Bertz CT molecular complexity index is 1020. The molecule has 23 heavy (non-hydrogen) atoms. The predicted octanol–water partition coefficient (Wildman–Crippen LogP) is 2.20. The average Bonchev–Trinajstić information content (AvgIpc) is 2.52. The van der Waals surface area contributed by atoms with Crippen molar-refractivity contribution in [1.82, 2.24) is 9.55 Å². The first-order chi connectivity index (χ1) is 11.0. The normalized spacial score (nSPS) is 10.8. The van der Waals surface area contributed by atoms with Crippen LogP contribution in [0.4, 0.5) is 0 Å². The van der Waals surface area contributed by atoms with Crippen molar-refractivity contribution in [2.45, 2.75) is 6.54 Å². The minimum Gasteiger partial charge on any atom is -0.478 e. The number of carbonyl (C=O) groups is 1. The average molecular weight is 375 g/mol. The molecule has 0 saturated carbocycles. The van der Waals surface area contributed by atoms with Crippen molar-refractivity contribution < 1.29 is 9.90 Å². The summed E-state index contributed by atoms with van der Waals surface area (Å²) in [5, 5.41) is 9.25. The van der Waals surface area contributed by atoms with E-state index in [1.807, 2.05) is 24.3 Å². The van der Waals surface area contributed by atoms with E-state index < -0.39 is 17.2 Å². The molecule has 0 fully saturated rings. The van der Waals surface area contributed by atoms with Crippen molar-refractivity contribution in [3.63, 3.8) is 0 Å². The third-order valence-corrected chi connectivity index (χ3v) is 4.01. The van der Waals surface area contributed by atoms with Gasteiger partial charge in [-0.2, -0.15) is 0 Å². The molecule has 1 aromatic heterocycles. The number of nitrogens with zero attached hydrogens (tertiary/aromatic N) is 1. The van der Waals surface area contributed by atoms with Crippen molar-refractivity contribution >= 4 is 32.8 Å². The number of aromatic nitrogens is 2. The van der Waals surface area contributed by atoms with Gasteiger partial charge in [-0.25, -0.2) is 9.59 Å². The maximum absolute atomic E-state index is 12.5. The van der Waals surface area contributed by atoms with Crippen molar-refractivity contribution in [1.29, 1.82) is 0 Å². The Balaban J connectivity index is 2.13. The summed E-state index contributed by atoms with van der Waals surface area (Å²) in [7, 11) is 0. The number of fused-ring (bicyclic) bond motifs is 1. The fourth-order valence-corrected chi connectivity index (χ4v) is 2.57. The van der Waals surface area contributed by atoms with Crippen molar-refractivity contribution in [3.05, 3.63) is 78.9 Å². The molecule has 0 spiro atoms. The first-order valence-electron chi connectivity index (χ1n) is 6.70. The molecule has 116 valence electrons. The van der Waals surface area contributed by atoms with E-state index in [4.69, 9.17) is 5.11 Å². The van der Waals surface area contributed by atoms with Gasteiger partial charge in [-0.15, -0.1) is 0 Å². The fourth-order valence-electron chi connectivity index (χ4n) is 2.30. The predicted molar refractivity (Wildman–Crippen MR) is 89.0 cm³/mol. The van der Waals surface area contributed by atoms with Gasteiger partial charge in [0.05, 0.1) is 23.0 Å². The molecule has 0 amide bonds. The van der Waals surface area contributed by atoms with Gasteiger partial charge in [0.1, 0.15) is 0 Å². The summed E-state index contributed by atoms with van der Waals surface area (Å²) in [4.78, 5) is 38.2. The molecule has 2 N–H and O–H groups in total. The lowest BCUT2D eigenvalue weighted by atomic mass is 10.1. The maximum atomic E-state index is 12.5. The fraction of sp³-hybridized carbons (Fsp3) is 0.0625. The first kappa shape index (κ1) is 15.2. The smallest absolute Gasteiger partial charge is 0.335 e. The summed E-state index contributed by atoms with van der Waals surface area (Å²) in [6.45, 7) is 0.137. The van der Waals surface area contributed by atoms with E-state index in [9.17, 15) is 14.4 Å². The van der Waals surface area contributed by atoms with Crippen LogP contribution < -0.4 is 11.2 Å². The number of H-pyrrole nitrogens is 1. The molecule has 0 atom stereocenters. The summed E-state index contributed by atoms with van der Waals surface area (Å²) >= 11 is 3.33. The lowest BCUT2D eigenvalue weighted by Gasteiger charge is -2.07. The highest BCUT2D eigenvalue weighted by Gasteiger charge is 2.11. The standard InChI is InChI=1S/C16H11BrN2O4/c17-11-4-1-9(2-5-11)8-19-14(20)12-6-3-10(15(21)22)7-13(12)18-16(19)23/h1-7H,8H2,(H,18,23)(H,21,22). The van der Waals surface area contributed by atoms with Crippen LogP contribution in [0.3, 0.4) is 0 Å². The van der Waals surface area contributed by atoms with Crippen molar-refractivity contribution in [2.75, 3.05) is 0 Å². The van der Waals surface area contributed by atoms with Crippen LogP contribution in [-0.2, 0) is 6.54 Å². The summed E-state index contributed by atoms with van der Waals surface area (Å²) < 4.78 is 1.99. The second kappa shape index (κ2) is 5.85. The molecule has 0 unspecified atom stereocenters. The Morgan fingerprint density at radius 1 is 1.13 bits per heavy atom. The largest absolute Gasteiger partial charge is 0.478 e. The SMILES string of the molecule is O=C(O)c1ccc2c(=O)n(Cc3ccc(Br)cc3)c(=O)[nH]c2c1. The van der Waals surface area contributed by atoms with E-state index in [1.165, 1.54) is 18.2 Å². The third-order valence-electron chi connectivity index (χ3n) is 3.48. The zero-order valence-electron chi connectivity index (χ0n) is 11.7. The van der Waals surface area contributed by atoms with E-state index in [0.29, 0.717) is 0 Å². The Morgan fingerprint density at radius 2 is 1.83 bits per heavy atom. The molecule has 3 aromatic rings. The first-order valence-corrected chi connectivity index (χ1v) is 7.49. The van der Waals surface area contributed by atoms with Crippen LogP contribution in [0.5, 0.6) is 0 Å². The quantitative estimate of drug-likeness (QED) is 0.734. The van der Waals surface area contributed by atoms with Crippen LogP contribution in [0.25, 0.3) is 10.9 Å². The molecule has 0 bridgehead atoms. The number of nitrogens with one attached hydrogen (secondary N) is 1. The number of rotatable bonds is 3. The molecule has 7 heteroatoms. The van der Waals surface area contributed by atoms with Gasteiger partial charge in [-0.1, -0.05) is 28.1 Å². The molecule has 6 nitrogen and oxygen atoms in total. The molecule has 0 aliphatic heterocycles. The second-order valence-electron chi connectivity index (χ2n) is 5.01. The number of hydrogen-bond acceptors (Lipinski definition) is 3. The summed E-state index contributed by atoms with van der Waals surface area (Å²) in [6.07, 6.45) is 0. The Hall–Kier alpha value is -2.67. The van der Waals surface area contributed by atoms with Gasteiger partial charge in [0.25, 0.3) is 5.56 Å². The van der Waals surface area contributed by atoms with Gasteiger partial charge >= 0.3 is 11.7 Å². The Labute approximate surface area is 138 Å². The minimum atomic E-state index is -1.12. The van der Waals surface area contributed by atoms with E-state index in [-0.39, 0.29) is 23.0 Å². The van der Waals surface area contributed by atoms with E-state index in [0.717, 1.165) is 14.6 Å². The van der Waals surface area contributed by atoms with Gasteiger partial charge in [-0.05, 0) is 35.9 Å². The number of aromatic carboxylic acids is 1. The maximum Gasteiger partial charge on any atom is 0.335 e. The highest BCUT2D eigenvalue weighted by atomic mass is 79.9. The van der Waals surface area contributed by atoms with Crippen molar-refractivity contribution in [3.8, 4) is 0 Å². The van der Waals surface area contributed by atoms with E-state index >= 15 is 0 Å². The van der Waals surface area contributed by atoms with Crippen LogP contribution in [-0.4, -0.2) is 20.6 Å². The van der Waals surface area contributed by atoms with Gasteiger partial charge in [0.15, 0.2) is 0 Å². The van der Waals surface area contributed by atoms with Crippen LogP contribution in [0.15, 0.2) is 56.5 Å². The van der Waals surface area contributed by atoms with E-state index in [2.05, 4.69) is 20.9 Å². The van der Waals surface area contributed by atoms with Gasteiger partial charge in [0, 0.05) is 4.47 Å². The molecule has 3 rings (SSSR count). The zero-order valence-corrected chi connectivity index (χ0v) is 13.3. The van der Waals surface area contributed by atoms with Crippen LogP contribution in [0.2, 0.25) is 0 Å². The highest BCUT2D eigenvalue weighted by Crippen LogP contribution is 2.12. The second-order valence-corrected chi connectivity index (χ2v) is 5.93. The number of aromatic amines is 1. The Morgan fingerprint density at radius 3 is 2.48 bits per heavy atom. The molecule has 0 radical (unpaired) electrons. The molecule has 1 heterocycles. The Kier molecular flexibility index (Phi) is 3.87. The number of hydrogen-bond donors (Lipinski definition) is 2. The minimum absolute atomic E-state index is 0.0122. The number of carboxylic acids is 1. The molecule has 0 aliphatic carbocycles. The molecule has 0 aliphatic rings. The van der Waals surface area contributed by atoms with Gasteiger partial charge in [0.2, 0.25) is 0 Å². The van der Waals surface area contributed by atoms with Crippen LogP contribution >= 0.6 is 15.9 Å². The lowest BCUT2D eigenvalue weighted by molar-refractivity contribution is 0.0697. The number of carboxylic acid groups (broad SMARTS) is 1. The number of halogens is 1. The third kappa shape index (κ3) is 2.95. The number of benzene rings is 2. The molecule has 0 saturated heterocycles. The molecular formula is C16H11BrN2O4. The van der Waals surface area contributed by atoms with Crippen molar-refractivity contribution in [2.24, 2.45) is 0 Å². The van der Waals surface area contributed by atoms with Gasteiger partial charge < -0.3 is 10.1 Å². The topological polar surface area (TPSA) is 92.2 Å². The molecular weight excluding hydrogens is 364 g/mol. The van der Waals surface area contributed by atoms with Crippen LogP contribution in [0.1, 0.15) is 15.9 Å². The molecule has 2 aromatic carbocycles. The zero-order chi connectivity index (χ0) is 16.6. The summed E-state index contributed by atoms with van der Waals surface area (Å²) in [5.41, 5.74) is 0.00374. The summed E-state index contributed by atoms with van der Waals surface area (Å²) in [5.74, 6) is -1.12. The monoisotopic (exact) mass is 374 g/mol. The lowest BCUT2D eigenvalue weighted by Crippen LogP contribution is -2.35.